The molecule has 140 valence electrons. The molecule has 5 nitrogen and oxygen atoms in total. The van der Waals surface area contributed by atoms with Gasteiger partial charge in [-0.25, -0.2) is 4.79 Å². The predicted molar refractivity (Wildman–Crippen MR) is 110 cm³/mol. The molecule has 2 aromatic carbocycles. The smallest absolute Gasteiger partial charge is 0.350 e. The summed E-state index contributed by atoms with van der Waals surface area (Å²) in [5.74, 6) is -0.955. The van der Waals surface area contributed by atoms with Crippen molar-refractivity contribution in [2.75, 3.05) is 25.6 Å². The van der Waals surface area contributed by atoms with Gasteiger partial charge in [-0.1, -0.05) is 41.9 Å². The summed E-state index contributed by atoms with van der Waals surface area (Å²) >= 11 is 7.50. The summed E-state index contributed by atoms with van der Waals surface area (Å²) in [5, 5.41) is 3.91. The second kappa shape index (κ2) is 8.41. The average Bonchev–Trinajstić information content (AvgIpc) is 3.02. The first kappa shape index (κ1) is 19.2. The Morgan fingerprint density at radius 1 is 1.11 bits per heavy atom. The van der Waals surface area contributed by atoms with Crippen molar-refractivity contribution < 1.29 is 14.3 Å². The number of nitrogens with zero attached hydrogens (tertiary/aromatic N) is 1. The molecule has 0 atom stereocenters. The Labute approximate surface area is 166 Å². The Kier molecular flexibility index (Phi) is 5.98. The molecule has 1 heterocycles. The summed E-state index contributed by atoms with van der Waals surface area (Å²) in [6.45, 7) is 0.0208. The zero-order chi connectivity index (χ0) is 19.4. The van der Waals surface area contributed by atoms with Crippen LogP contribution in [0.1, 0.15) is 15.2 Å². The molecule has 1 N–H and O–H groups in total. The highest BCUT2D eigenvalue weighted by atomic mass is 35.5. The Bertz CT molecular complexity index is 967. The summed E-state index contributed by atoms with van der Waals surface area (Å²) in [4.78, 5) is 26.5. The number of halogens is 1. The maximum absolute atomic E-state index is 12.2. The fraction of sp³-hybridized carbons (Fsp3) is 0.200. The summed E-state index contributed by atoms with van der Waals surface area (Å²) in [6.07, 6.45) is 0. The van der Waals surface area contributed by atoms with E-state index < -0.39 is 5.97 Å². The first-order valence-corrected chi connectivity index (χ1v) is 9.52. The number of thiophene rings is 1. The van der Waals surface area contributed by atoms with Gasteiger partial charge in [0.05, 0.1) is 5.02 Å². The van der Waals surface area contributed by atoms with Gasteiger partial charge in [-0.05, 0) is 23.8 Å². The van der Waals surface area contributed by atoms with E-state index in [1.54, 1.807) is 0 Å². The fourth-order valence-electron chi connectivity index (χ4n) is 2.51. The van der Waals surface area contributed by atoms with E-state index in [0.29, 0.717) is 16.4 Å². The molecule has 0 aliphatic rings. The number of esters is 1. The molecule has 0 saturated heterocycles. The Balaban J connectivity index is 1.52. The van der Waals surface area contributed by atoms with E-state index in [1.807, 2.05) is 67.5 Å². The van der Waals surface area contributed by atoms with E-state index in [2.05, 4.69) is 5.32 Å². The minimum atomic E-state index is -0.591. The van der Waals surface area contributed by atoms with Crippen LogP contribution in [-0.4, -0.2) is 32.6 Å². The van der Waals surface area contributed by atoms with E-state index in [0.717, 1.165) is 21.3 Å². The number of hydrogen-bond donors (Lipinski definition) is 1. The zero-order valence-corrected chi connectivity index (χ0v) is 16.6. The van der Waals surface area contributed by atoms with Crippen molar-refractivity contribution in [2.45, 2.75) is 6.54 Å². The van der Waals surface area contributed by atoms with Gasteiger partial charge in [-0.2, -0.15) is 0 Å². The van der Waals surface area contributed by atoms with Crippen LogP contribution in [0.25, 0.3) is 10.1 Å². The van der Waals surface area contributed by atoms with Crippen LogP contribution in [0.4, 0.5) is 5.69 Å². The van der Waals surface area contributed by atoms with Gasteiger partial charge >= 0.3 is 5.97 Å². The molecule has 3 aromatic rings. The number of carbonyl (C=O) groups is 2. The van der Waals surface area contributed by atoms with Crippen LogP contribution in [0.3, 0.4) is 0 Å². The molecule has 1 aromatic heterocycles. The maximum atomic E-state index is 12.2. The SMILES string of the molecule is CN(C)c1ccc(CNC(=O)COC(=O)c2sc3ccccc3c2Cl)cc1. The molecular weight excluding hydrogens is 384 g/mol. The van der Waals surface area contributed by atoms with E-state index in [-0.39, 0.29) is 12.5 Å². The van der Waals surface area contributed by atoms with Crippen molar-refractivity contribution in [1.82, 2.24) is 5.32 Å². The lowest BCUT2D eigenvalue weighted by Crippen LogP contribution is -2.28. The third-order valence-electron chi connectivity index (χ3n) is 4.00. The first-order chi connectivity index (χ1) is 13.0. The van der Waals surface area contributed by atoms with Crippen molar-refractivity contribution in [1.29, 1.82) is 0 Å². The second-order valence-electron chi connectivity index (χ2n) is 6.16. The topological polar surface area (TPSA) is 58.6 Å². The van der Waals surface area contributed by atoms with Gasteiger partial charge in [-0.15, -0.1) is 11.3 Å². The maximum Gasteiger partial charge on any atom is 0.350 e. The lowest BCUT2D eigenvalue weighted by molar-refractivity contribution is -0.124. The summed E-state index contributed by atoms with van der Waals surface area (Å²) < 4.78 is 6.01. The number of anilines is 1. The normalized spacial score (nSPS) is 10.6. The van der Waals surface area contributed by atoms with Crippen LogP contribution < -0.4 is 10.2 Å². The summed E-state index contributed by atoms with van der Waals surface area (Å²) in [5.41, 5.74) is 2.05. The van der Waals surface area contributed by atoms with Crippen molar-refractivity contribution >= 4 is 50.6 Å². The molecule has 0 fully saturated rings. The molecule has 1 amide bonds. The Morgan fingerprint density at radius 2 is 1.81 bits per heavy atom. The van der Waals surface area contributed by atoms with Gasteiger partial charge in [-0.3, -0.25) is 4.79 Å². The number of benzene rings is 2. The molecule has 0 saturated carbocycles. The minimum Gasteiger partial charge on any atom is -0.451 e. The largest absolute Gasteiger partial charge is 0.451 e. The van der Waals surface area contributed by atoms with Crippen molar-refractivity contribution in [3.8, 4) is 0 Å². The van der Waals surface area contributed by atoms with Crippen LogP contribution >= 0.6 is 22.9 Å². The van der Waals surface area contributed by atoms with E-state index in [4.69, 9.17) is 16.3 Å². The lowest BCUT2D eigenvalue weighted by Gasteiger charge is -2.13. The molecule has 0 bridgehead atoms. The number of carbonyl (C=O) groups excluding carboxylic acids is 2. The molecule has 3 rings (SSSR count). The van der Waals surface area contributed by atoms with Gasteiger partial charge in [0.1, 0.15) is 4.88 Å². The van der Waals surface area contributed by atoms with Crippen molar-refractivity contribution in [2.24, 2.45) is 0 Å². The second-order valence-corrected chi connectivity index (χ2v) is 7.59. The number of nitrogens with one attached hydrogen (secondary N) is 1. The van der Waals surface area contributed by atoms with E-state index >= 15 is 0 Å². The molecule has 7 heteroatoms. The molecule has 27 heavy (non-hydrogen) atoms. The Hall–Kier alpha value is -2.57. The average molecular weight is 403 g/mol. The van der Waals surface area contributed by atoms with Gasteiger partial charge in [0.25, 0.3) is 5.91 Å². The van der Waals surface area contributed by atoms with Crippen LogP contribution in [0, 0.1) is 0 Å². The van der Waals surface area contributed by atoms with Gasteiger partial charge in [0, 0.05) is 36.4 Å². The molecule has 0 aliphatic carbocycles. The molecule has 0 aliphatic heterocycles. The third-order valence-corrected chi connectivity index (χ3v) is 5.65. The van der Waals surface area contributed by atoms with Crippen molar-refractivity contribution in [3.63, 3.8) is 0 Å². The first-order valence-electron chi connectivity index (χ1n) is 8.33. The lowest BCUT2D eigenvalue weighted by atomic mass is 10.2. The minimum absolute atomic E-state index is 0.310. The third kappa shape index (κ3) is 4.59. The van der Waals surface area contributed by atoms with Crippen LogP contribution in [0.15, 0.2) is 48.5 Å². The van der Waals surface area contributed by atoms with Gasteiger partial charge in [0.15, 0.2) is 6.61 Å². The van der Waals surface area contributed by atoms with Crippen LogP contribution in [0.2, 0.25) is 5.02 Å². The highest BCUT2D eigenvalue weighted by molar-refractivity contribution is 7.21. The molecule has 0 spiro atoms. The monoisotopic (exact) mass is 402 g/mol. The van der Waals surface area contributed by atoms with Crippen LogP contribution in [-0.2, 0) is 16.1 Å². The van der Waals surface area contributed by atoms with Gasteiger partial charge < -0.3 is 15.0 Å². The van der Waals surface area contributed by atoms with E-state index in [9.17, 15) is 9.59 Å². The summed E-state index contributed by atoms with van der Waals surface area (Å²) in [7, 11) is 3.93. The summed E-state index contributed by atoms with van der Waals surface area (Å²) in [6, 6.07) is 15.3. The quantitative estimate of drug-likeness (QED) is 0.631. The highest BCUT2D eigenvalue weighted by Gasteiger charge is 2.19. The number of amides is 1. The number of rotatable bonds is 6. The standard InChI is InChI=1S/C20H19ClN2O3S/c1-23(2)14-9-7-13(8-10-14)11-22-17(24)12-26-20(25)19-18(21)15-5-3-4-6-16(15)27-19/h3-10H,11-12H2,1-2H3,(H,22,24). The molecular formula is C20H19ClN2O3S. The Morgan fingerprint density at radius 3 is 2.48 bits per heavy atom. The van der Waals surface area contributed by atoms with E-state index in [1.165, 1.54) is 11.3 Å². The highest BCUT2D eigenvalue weighted by Crippen LogP contribution is 2.35. The number of hydrogen-bond acceptors (Lipinski definition) is 5. The fourth-order valence-corrected chi connectivity index (χ4v) is 3.91. The number of fused-ring (bicyclic) bond motifs is 1. The zero-order valence-electron chi connectivity index (χ0n) is 15.0. The predicted octanol–water partition coefficient (Wildman–Crippen LogP) is 4.09. The molecule has 0 unspecified atom stereocenters. The van der Waals surface area contributed by atoms with Crippen molar-refractivity contribution in [3.05, 3.63) is 64.0 Å². The van der Waals surface area contributed by atoms with Crippen LogP contribution in [0.5, 0.6) is 0 Å². The van der Waals surface area contributed by atoms with Gasteiger partial charge in [0.2, 0.25) is 0 Å². The molecule has 0 radical (unpaired) electrons. The number of ether oxygens (including phenoxy) is 1.